The number of hydrogen-bond donors (Lipinski definition) is 3. The number of aromatic nitrogens is 1. The van der Waals surface area contributed by atoms with Gasteiger partial charge in [0.15, 0.2) is 0 Å². The maximum Gasteiger partial charge on any atom is 0.274 e. The van der Waals surface area contributed by atoms with Crippen molar-refractivity contribution in [3.8, 4) is 0 Å². The summed E-state index contributed by atoms with van der Waals surface area (Å²) >= 11 is 0. The number of likely N-dealkylation sites (tertiary alicyclic amines) is 2. The highest BCUT2D eigenvalue weighted by molar-refractivity contribution is 5.93. The molecule has 2 aliphatic heterocycles. The summed E-state index contributed by atoms with van der Waals surface area (Å²) in [5.41, 5.74) is 5.83. The molecule has 232 valence electrons. The van der Waals surface area contributed by atoms with Crippen LogP contribution in [-0.2, 0) is 17.8 Å². The monoisotopic (exact) mass is 591 g/mol. The highest BCUT2D eigenvalue weighted by atomic mass is 19.1. The third-order valence-corrected chi connectivity index (χ3v) is 9.28. The van der Waals surface area contributed by atoms with Crippen molar-refractivity contribution in [2.45, 2.75) is 71.1 Å². The maximum atomic E-state index is 15.8. The van der Waals surface area contributed by atoms with Crippen LogP contribution in [0.1, 0.15) is 66.7 Å². The molecule has 3 aromatic rings. The third-order valence-electron chi connectivity index (χ3n) is 9.28. The Bertz CT molecular complexity index is 1400. The van der Waals surface area contributed by atoms with Crippen LogP contribution < -0.4 is 10.8 Å². The number of alkyl halides is 1. The Kier molecular flexibility index (Phi) is 9.84. The Balaban J connectivity index is 1.17. The van der Waals surface area contributed by atoms with Crippen molar-refractivity contribution in [2.75, 3.05) is 39.3 Å². The number of hydroxylamine groups is 1. The van der Waals surface area contributed by atoms with Gasteiger partial charge in [-0.15, -0.1) is 0 Å². The highest BCUT2D eigenvalue weighted by Gasteiger charge is 2.37. The number of carbonyl (C=O) groups excluding carboxylic acids is 2. The summed E-state index contributed by atoms with van der Waals surface area (Å²) in [5, 5.41) is 13.1. The molecule has 2 fully saturated rings. The molecule has 1 aromatic heterocycles. The van der Waals surface area contributed by atoms with Gasteiger partial charge < -0.3 is 14.8 Å². The Hall–Kier alpha value is -3.27. The van der Waals surface area contributed by atoms with Crippen molar-refractivity contribution in [3.63, 3.8) is 0 Å². The van der Waals surface area contributed by atoms with Crippen molar-refractivity contribution in [3.05, 3.63) is 70.9 Å². The van der Waals surface area contributed by atoms with E-state index in [9.17, 15) is 9.59 Å². The lowest BCUT2D eigenvalue weighted by atomic mass is 9.90. The van der Waals surface area contributed by atoms with E-state index < -0.39 is 11.6 Å². The molecule has 0 radical (unpaired) electrons. The Labute approximate surface area is 254 Å². The van der Waals surface area contributed by atoms with E-state index >= 15 is 4.39 Å². The summed E-state index contributed by atoms with van der Waals surface area (Å²) in [5.74, 6) is 0.0387. The molecule has 0 bridgehead atoms. The number of piperidine rings is 2. The Morgan fingerprint density at radius 3 is 2.33 bits per heavy atom. The summed E-state index contributed by atoms with van der Waals surface area (Å²) in [6, 6.07) is 16.0. The van der Waals surface area contributed by atoms with Crippen molar-refractivity contribution < 1.29 is 19.2 Å². The molecule has 43 heavy (non-hydrogen) atoms. The minimum absolute atomic E-state index is 0.0182. The van der Waals surface area contributed by atoms with Gasteiger partial charge in [-0.05, 0) is 101 Å². The molecule has 8 nitrogen and oxygen atoms in total. The van der Waals surface area contributed by atoms with Gasteiger partial charge in [0, 0.05) is 54.4 Å². The van der Waals surface area contributed by atoms with Crippen molar-refractivity contribution in [2.24, 2.45) is 5.92 Å². The lowest BCUT2D eigenvalue weighted by molar-refractivity contribution is -0.123. The minimum Gasteiger partial charge on any atom is -0.353 e. The van der Waals surface area contributed by atoms with E-state index in [0.29, 0.717) is 50.5 Å². The van der Waals surface area contributed by atoms with Crippen LogP contribution in [0.15, 0.2) is 48.5 Å². The van der Waals surface area contributed by atoms with Gasteiger partial charge in [-0.1, -0.05) is 30.3 Å². The number of rotatable bonds is 10. The molecule has 0 atom stereocenters. The van der Waals surface area contributed by atoms with Gasteiger partial charge in [0.1, 0.15) is 5.67 Å². The fourth-order valence-electron chi connectivity index (χ4n) is 6.83. The zero-order valence-electron chi connectivity index (χ0n) is 25.7. The van der Waals surface area contributed by atoms with Crippen molar-refractivity contribution in [1.29, 1.82) is 0 Å². The molecule has 2 amide bonds. The predicted octanol–water partition coefficient (Wildman–Crippen LogP) is 4.70. The minimum atomic E-state index is -1.18. The van der Waals surface area contributed by atoms with Gasteiger partial charge in [-0.2, -0.15) is 0 Å². The van der Waals surface area contributed by atoms with E-state index in [1.165, 1.54) is 22.2 Å². The number of nitrogens with one attached hydrogen (secondary N) is 2. The molecule has 0 saturated carbocycles. The van der Waals surface area contributed by atoms with Crippen LogP contribution in [0.5, 0.6) is 0 Å². The number of para-hydroxylation sites is 1. The summed E-state index contributed by atoms with van der Waals surface area (Å²) in [7, 11) is 0. The van der Waals surface area contributed by atoms with Gasteiger partial charge in [0.2, 0.25) is 5.91 Å². The van der Waals surface area contributed by atoms with Crippen LogP contribution in [-0.4, -0.2) is 82.4 Å². The zero-order valence-corrected chi connectivity index (χ0v) is 25.7. The second kappa shape index (κ2) is 13.6. The lowest BCUT2D eigenvalue weighted by Crippen LogP contribution is -2.51. The topological polar surface area (TPSA) is 89.8 Å². The van der Waals surface area contributed by atoms with E-state index in [1.54, 1.807) is 17.6 Å². The second-order valence-electron chi connectivity index (χ2n) is 12.9. The van der Waals surface area contributed by atoms with Crippen LogP contribution in [0, 0.1) is 12.8 Å². The van der Waals surface area contributed by atoms with Gasteiger partial charge >= 0.3 is 0 Å². The van der Waals surface area contributed by atoms with E-state index in [4.69, 9.17) is 5.21 Å². The number of fused-ring (bicyclic) bond motifs is 1. The molecule has 2 aliphatic rings. The van der Waals surface area contributed by atoms with Crippen LogP contribution in [0.3, 0.4) is 0 Å². The van der Waals surface area contributed by atoms with Crippen molar-refractivity contribution >= 4 is 22.7 Å². The molecule has 3 heterocycles. The van der Waals surface area contributed by atoms with Crippen LogP contribution >= 0.6 is 0 Å². The van der Waals surface area contributed by atoms with Gasteiger partial charge in [-0.3, -0.25) is 19.7 Å². The zero-order chi connectivity index (χ0) is 30.6. The van der Waals surface area contributed by atoms with E-state index in [-0.39, 0.29) is 11.9 Å². The molecular formula is C34H46FN5O3. The first kappa shape index (κ1) is 31.2. The summed E-state index contributed by atoms with van der Waals surface area (Å²) in [6.45, 7) is 11.0. The van der Waals surface area contributed by atoms with Gasteiger partial charge in [0.05, 0.1) is 6.54 Å². The fourth-order valence-corrected chi connectivity index (χ4v) is 6.83. The van der Waals surface area contributed by atoms with Crippen LogP contribution in [0.25, 0.3) is 10.9 Å². The van der Waals surface area contributed by atoms with Gasteiger partial charge in [-0.25, -0.2) is 9.87 Å². The normalized spacial score (nSPS) is 18.3. The second-order valence-corrected chi connectivity index (χ2v) is 12.9. The number of halogens is 1. The fraction of sp³-hybridized carbons (Fsp3) is 0.529. The molecule has 3 N–H and O–H groups in total. The molecule has 9 heteroatoms. The number of hydrogen-bond acceptors (Lipinski definition) is 5. The SMILES string of the molecule is Cc1c(Cc2ccc(C(=O)NO)cc2)c2ccccc2n1CC1CCN(CC2(F)CCN(CC(=O)NC(C)C)CC2)CC1. The lowest BCUT2D eigenvalue weighted by Gasteiger charge is -2.41. The maximum absolute atomic E-state index is 15.8. The van der Waals surface area contributed by atoms with E-state index in [1.807, 2.05) is 26.0 Å². The predicted molar refractivity (Wildman–Crippen MR) is 167 cm³/mol. The largest absolute Gasteiger partial charge is 0.353 e. The quantitative estimate of drug-likeness (QED) is 0.235. The molecule has 0 unspecified atom stereocenters. The van der Waals surface area contributed by atoms with E-state index in [0.717, 1.165) is 44.5 Å². The van der Waals surface area contributed by atoms with Gasteiger partial charge in [0.25, 0.3) is 5.91 Å². The number of benzene rings is 2. The number of nitrogens with zero attached hydrogens (tertiary/aromatic N) is 3. The van der Waals surface area contributed by atoms with Crippen LogP contribution in [0.2, 0.25) is 0 Å². The third kappa shape index (κ3) is 7.63. The summed E-state index contributed by atoms with van der Waals surface area (Å²) in [6.07, 6.45) is 3.82. The molecule has 0 spiro atoms. The number of carbonyl (C=O) groups is 2. The first-order valence-corrected chi connectivity index (χ1v) is 15.7. The van der Waals surface area contributed by atoms with E-state index in [2.05, 4.69) is 50.9 Å². The molecule has 2 aromatic carbocycles. The van der Waals surface area contributed by atoms with Crippen LogP contribution in [0.4, 0.5) is 4.39 Å². The molecule has 2 saturated heterocycles. The summed E-state index contributed by atoms with van der Waals surface area (Å²) in [4.78, 5) is 28.2. The first-order chi connectivity index (χ1) is 20.6. The summed E-state index contributed by atoms with van der Waals surface area (Å²) < 4.78 is 18.3. The van der Waals surface area contributed by atoms with Crippen molar-refractivity contribution in [1.82, 2.24) is 25.2 Å². The average Bonchev–Trinajstić information content (AvgIpc) is 3.25. The average molecular weight is 592 g/mol. The Morgan fingerprint density at radius 1 is 1.00 bits per heavy atom. The Morgan fingerprint density at radius 2 is 1.67 bits per heavy atom. The smallest absolute Gasteiger partial charge is 0.274 e. The molecule has 5 rings (SSSR count). The standard InChI is InChI=1S/C34H46FN5O3/c1-24(2)36-32(41)22-38-18-14-34(35,15-19-38)23-39-16-12-27(13-17-39)21-40-25(3)30(29-6-4-5-7-31(29)40)20-26-8-10-28(11-9-26)33(42)37-43/h4-11,24,27,43H,12-23H2,1-3H3,(H,36,41)(H,37,42). The molecular weight excluding hydrogens is 545 g/mol. The first-order valence-electron chi connectivity index (χ1n) is 15.7. The number of amides is 2. The molecule has 0 aliphatic carbocycles. The highest BCUT2D eigenvalue weighted by Crippen LogP contribution is 2.32.